The second kappa shape index (κ2) is 7.26. The molecule has 4 nitrogen and oxygen atoms in total. The van der Waals surface area contributed by atoms with Crippen molar-refractivity contribution in [1.29, 1.82) is 0 Å². The third kappa shape index (κ3) is 3.06. The maximum absolute atomic E-state index is 13.4. The molecule has 5 rings (SSSR count). The number of anilines is 1. The average Bonchev–Trinajstić information content (AvgIpc) is 3.30. The van der Waals surface area contributed by atoms with E-state index < -0.39 is 0 Å². The SMILES string of the molecule is Cc1sc2nc3n(c(=O)c2c1-c1ccccc1)CC/C3=C\c1ccc(N(C)C)cc1. The van der Waals surface area contributed by atoms with Crippen LogP contribution in [0.3, 0.4) is 0 Å². The first-order valence-electron chi connectivity index (χ1n) is 10.1. The normalized spacial score (nSPS) is 14.4. The highest BCUT2D eigenvalue weighted by atomic mass is 32.1. The van der Waals surface area contributed by atoms with Crippen LogP contribution in [0.4, 0.5) is 5.69 Å². The molecule has 150 valence electrons. The molecule has 0 fully saturated rings. The van der Waals surface area contributed by atoms with Crippen LogP contribution < -0.4 is 10.5 Å². The fraction of sp³-hybridized carbons (Fsp3) is 0.200. The van der Waals surface area contributed by atoms with Crippen molar-refractivity contribution in [3.8, 4) is 11.1 Å². The molecule has 0 N–H and O–H groups in total. The van der Waals surface area contributed by atoms with E-state index in [4.69, 9.17) is 4.98 Å². The highest BCUT2D eigenvalue weighted by Crippen LogP contribution is 2.37. The summed E-state index contributed by atoms with van der Waals surface area (Å²) >= 11 is 1.61. The van der Waals surface area contributed by atoms with Gasteiger partial charge >= 0.3 is 0 Å². The number of rotatable bonds is 3. The summed E-state index contributed by atoms with van der Waals surface area (Å²) in [5.41, 5.74) is 5.60. The zero-order valence-electron chi connectivity index (χ0n) is 17.3. The van der Waals surface area contributed by atoms with Crippen molar-refractivity contribution in [3.05, 3.63) is 81.2 Å². The molecule has 0 saturated heterocycles. The molecule has 2 aromatic carbocycles. The zero-order valence-corrected chi connectivity index (χ0v) is 18.2. The van der Waals surface area contributed by atoms with Gasteiger partial charge < -0.3 is 4.90 Å². The largest absolute Gasteiger partial charge is 0.378 e. The molecule has 0 spiro atoms. The number of fused-ring (bicyclic) bond motifs is 2. The molecule has 0 saturated carbocycles. The summed E-state index contributed by atoms with van der Waals surface area (Å²) in [6.45, 7) is 2.76. The van der Waals surface area contributed by atoms with E-state index >= 15 is 0 Å². The molecule has 0 atom stereocenters. The van der Waals surface area contributed by atoms with Crippen LogP contribution >= 0.6 is 11.3 Å². The molecule has 30 heavy (non-hydrogen) atoms. The smallest absolute Gasteiger partial charge is 0.263 e. The first kappa shape index (κ1) is 18.8. The number of aromatic nitrogens is 2. The van der Waals surface area contributed by atoms with Crippen molar-refractivity contribution in [1.82, 2.24) is 9.55 Å². The Kier molecular flexibility index (Phi) is 4.55. The standard InChI is InChI=1S/C25H23N3OS/c1-16-21(18-7-5-4-6-8-18)22-24(30-16)26-23-19(13-14-28(23)25(22)29)15-17-9-11-20(12-10-17)27(2)3/h4-12,15H,13-14H2,1-3H3/b19-15+. The quantitative estimate of drug-likeness (QED) is 0.449. The van der Waals surface area contributed by atoms with Gasteiger partial charge in [-0.15, -0.1) is 11.3 Å². The van der Waals surface area contributed by atoms with E-state index in [-0.39, 0.29) is 5.56 Å². The Bertz CT molecular complexity index is 1330. The first-order chi connectivity index (χ1) is 14.5. The summed E-state index contributed by atoms with van der Waals surface area (Å²) in [5.74, 6) is 0.810. The third-order valence-corrected chi connectivity index (χ3v) is 6.69. The number of allylic oxidation sites excluding steroid dienone is 1. The summed E-state index contributed by atoms with van der Waals surface area (Å²) in [6, 6.07) is 18.6. The van der Waals surface area contributed by atoms with Crippen molar-refractivity contribution >= 4 is 38.9 Å². The molecular formula is C25H23N3OS. The van der Waals surface area contributed by atoms with Gasteiger partial charge in [0.1, 0.15) is 10.7 Å². The van der Waals surface area contributed by atoms with Gasteiger partial charge in [0.05, 0.1) is 5.39 Å². The molecule has 0 amide bonds. The van der Waals surface area contributed by atoms with Crippen molar-refractivity contribution in [2.24, 2.45) is 0 Å². The number of benzene rings is 2. The number of hydrogen-bond acceptors (Lipinski definition) is 4. The molecular weight excluding hydrogens is 390 g/mol. The van der Waals surface area contributed by atoms with Crippen LogP contribution in [0.2, 0.25) is 0 Å². The number of thiophene rings is 1. The topological polar surface area (TPSA) is 38.1 Å². The second-order valence-corrected chi connectivity index (χ2v) is 9.08. The third-order valence-electron chi connectivity index (χ3n) is 5.69. The summed E-state index contributed by atoms with van der Waals surface area (Å²) < 4.78 is 1.85. The molecule has 3 heterocycles. The van der Waals surface area contributed by atoms with Gasteiger partial charge in [-0.2, -0.15) is 0 Å². The van der Waals surface area contributed by atoms with Crippen LogP contribution in [0.1, 0.15) is 22.7 Å². The van der Waals surface area contributed by atoms with Gasteiger partial charge in [0.2, 0.25) is 0 Å². The van der Waals surface area contributed by atoms with Gasteiger partial charge in [0.25, 0.3) is 5.56 Å². The van der Waals surface area contributed by atoms with Gasteiger partial charge in [-0.3, -0.25) is 9.36 Å². The van der Waals surface area contributed by atoms with E-state index in [1.807, 2.05) is 36.9 Å². The lowest BCUT2D eigenvalue weighted by Crippen LogP contribution is -2.20. The van der Waals surface area contributed by atoms with E-state index in [1.165, 1.54) is 5.69 Å². The van der Waals surface area contributed by atoms with E-state index in [2.05, 4.69) is 54.3 Å². The van der Waals surface area contributed by atoms with Crippen molar-refractivity contribution in [2.75, 3.05) is 19.0 Å². The highest BCUT2D eigenvalue weighted by molar-refractivity contribution is 7.19. The number of aryl methyl sites for hydroxylation is 1. The predicted molar refractivity (Wildman–Crippen MR) is 127 cm³/mol. The van der Waals surface area contributed by atoms with Gasteiger partial charge in [-0.25, -0.2) is 4.98 Å². The Labute approximate surface area is 179 Å². The Morgan fingerprint density at radius 3 is 2.50 bits per heavy atom. The first-order valence-corrected chi connectivity index (χ1v) is 10.9. The van der Waals surface area contributed by atoms with E-state index in [9.17, 15) is 4.79 Å². The average molecular weight is 414 g/mol. The maximum atomic E-state index is 13.4. The Morgan fingerprint density at radius 2 is 1.80 bits per heavy atom. The predicted octanol–water partition coefficient (Wildman–Crippen LogP) is 5.44. The minimum atomic E-state index is 0.0737. The Morgan fingerprint density at radius 1 is 1.07 bits per heavy atom. The molecule has 5 heteroatoms. The maximum Gasteiger partial charge on any atom is 0.263 e. The fourth-order valence-electron chi connectivity index (χ4n) is 4.15. The van der Waals surface area contributed by atoms with Gasteiger partial charge in [0.15, 0.2) is 0 Å². The minimum absolute atomic E-state index is 0.0737. The van der Waals surface area contributed by atoms with Crippen LogP contribution in [0.15, 0.2) is 59.4 Å². The van der Waals surface area contributed by atoms with Crippen LogP contribution in [0.5, 0.6) is 0 Å². The van der Waals surface area contributed by atoms with Gasteiger partial charge in [-0.05, 0) is 48.3 Å². The van der Waals surface area contributed by atoms with Crippen molar-refractivity contribution in [2.45, 2.75) is 19.9 Å². The van der Waals surface area contributed by atoms with Crippen LogP contribution in [-0.4, -0.2) is 23.6 Å². The van der Waals surface area contributed by atoms with Crippen molar-refractivity contribution in [3.63, 3.8) is 0 Å². The molecule has 4 aromatic rings. The lowest BCUT2D eigenvalue weighted by atomic mass is 10.0. The van der Waals surface area contributed by atoms with Crippen LogP contribution in [0.25, 0.3) is 33.0 Å². The minimum Gasteiger partial charge on any atom is -0.378 e. The summed E-state index contributed by atoms with van der Waals surface area (Å²) in [7, 11) is 4.07. The van der Waals surface area contributed by atoms with E-state index in [1.54, 1.807) is 11.3 Å². The lowest BCUT2D eigenvalue weighted by molar-refractivity contribution is 0.726. The van der Waals surface area contributed by atoms with Crippen molar-refractivity contribution < 1.29 is 0 Å². The monoisotopic (exact) mass is 413 g/mol. The Balaban J connectivity index is 1.63. The summed E-state index contributed by atoms with van der Waals surface area (Å²) in [4.78, 5) is 22.4. The second-order valence-electron chi connectivity index (χ2n) is 7.88. The molecule has 2 aromatic heterocycles. The Hall–Kier alpha value is -3.18. The van der Waals surface area contributed by atoms with Crippen LogP contribution in [0, 0.1) is 6.92 Å². The highest BCUT2D eigenvalue weighted by Gasteiger charge is 2.24. The summed E-state index contributed by atoms with van der Waals surface area (Å²) in [6.07, 6.45) is 2.99. The fourth-order valence-corrected chi connectivity index (χ4v) is 5.19. The van der Waals surface area contributed by atoms with E-state index in [0.29, 0.717) is 6.54 Å². The molecule has 0 aliphatic carbocycles. The molecule has 0 bridgehead atoms. The molecule has 0 unspecified atom stereocenters. The van der Waals surface area contributed by atoms with Gasteiger partial charge in [-0.1, -0.05) is 42.5 Å². The van der Waals surface area contributed by atoms with E-state index in [0.717, 1.165) is 49.6 Å². The number of nitrogens with zero attached hydrogens (tertiary/aromatic N) is 3. The van der Waals surface area contributed by atoms with Crippen LogP contribution in [-0.2, 0) is 6.54 Å². The molecule has 0 radical (unpaired) electrons. The zero-order chi connectivity index (χ0) is 20.8. The lowest BCUT2D eigenvalue weighted by Gasteiger charge is -2.12. The molecule has 1 aliphatic heterocycles. The number of hydrogen-bond donors (Lipinski definition) is 0. The molecule has 1 aliphatic rings. The van der Waals surface area contributed by atoms with Gasteiger partial charge in [0, 0.05) is 36.8 Å². The summed E-state index contributed by atoms with van der Waals surface area (Å²) in [5, 5.41) is 0.754.